The number of rotatable bonds is 7. The Kier molecular flexibility index (Phi) is 8.17. The molecule has 2 rings (SSSR count). The number of esters is 1. The highest BCUT2D eigenvalue weighted by molar-refractivity contribution is 5.96. The average Bonchev–Trinajstić information content (AvgIpc) is 2.73. The molecule has 0 heterocycles. The predicted molar refractivity (Wildman–Crippen MR) is 114 cm³/mol. The molecule has 0 spiro atoms. The molecule has 1 atom stereocenters. The van der Waals surface area contributed by atoms with Gasteiger partial charge in [-0.25, -0.2) is 4.79 Å². The highest BCUT2D eigenvalue weighted by Crippen LogP contribution is 2.29. The molecule has 32 heavy (non-hydrogen) atoms. The van der Waals surface area contributed by atoms with Crippen molar-refractivity contribution in [1.29, 1.82) is 0 Å². The average molecular weight is 448 g/mol. The second-order valence-electron chi connectivity index (χ2n) is 7.07. The summed E-state index contributed by atoms with van der Waals surface area (Å²) in [6.45, 7) is 4.72. The molecule has 0 radical (unpaired) electrons. The van der Waals surface area contributed by atoms with Crippen molar-refractivity contribution in [2.45, 2.75) is 33.1 Å². The van der Waals surface area contributed by atoms with Crippen LogP contribution >= 0.6 is 0 Å². The molecule has 2 aromatic carbocycles. The van der Waals surface area contributed by atoms with Crippen molar-refractivity contribution in [3.63, 3.8) is 0 Å². The Bertz CT molecular complexity index is 995. The normalized spacial score (nSPS) is 12.3. The molecular formula is C23H23F3N2O4. The minimum Gasteiger partial charge on any atom is -0.449 e. The Labute approximate surface area is 183 Å². The first-order valence-electron chi connectivity index (χ1n) is 9.67. The van der Waals surface area contributed by atoms with Crippen LogP contribution in [0.5, 0.6) is 0 Å². The number of benzene rings is 2. The number of para-hydroxylation sites is 1. The van der Waals surface area contributed by atoms with Gasteiger partial charge >= 0.3 is 12.1 Å². The molecule has 0 aliphatic carbocycles. The number of hydrogen-bond acceptors (Lipinski definition) is 4. The van der Waals surface area contributed by atoms with Crippen LogP contribution in [0.4, 0.5) is 18.9 Å². The van der Waals surface area contributed by atoms with Crippen LogP contribution in [0.3, 0.4) is 0 Å². The van der Waals surface area contributed by atoms with E-state index in [1.807, 2.05) is 32.0 Å². The van der Waals surface area contributed by atoms with Crippen LogP contribution in [0.25, 0.3) is 6.08 Å². The fraction of sp³-hybridized carbons (Fsp3) is 0.261. The summed E-state index contributed by atoms with van der Waals surface area (Å²) in [7, 11) is 0. The molecule has 2 aromatic rings. The van der Waals surface area contributed by atoms with E-state index in [4.69, 9.17) is 4.74 Å². The molecule has 0 aromatic heterocycles. The van der Waals surface area contributed by atoms with E-state index in [0.29, 0.717) is 11.3 Å². The predicted octanol–water partition coefficient (Wildman–Crippen LogP) is 4.02. The molecule has 6 nitrogen and oxygen atoms in total. The van der Waals surface area contributed by atoms with Crippen LogP contribution in [0.1, 0.15) is 29.2 Å². The first-order valence-corrected chi connectivity index (χ1v) is 9.67. The number of carbonyl (C=O) groups is 3. The topological polar surface area (TPSA) is 84.5 Å². The van der Waals surface area contributed by atoms with Gasteiger partial charge in [0, 0.05) is 11.8 Å². The monoisotopic (exact) mass is 448 g/mol. The highest BCUT2D eigenvalue weighted by Gasteiger charge is 2.29. The number of halogens is 3. The minimum atomic E-state index is -4.44. The number of nitrogens with one attached hydrogen (secondary N) is 2. The lowest BCUT2D eigenvalue weighted by molar-refractivity contribution is -0.150. The quantitative estimate of drug-likeness (QED) is 0.495. The Morgan fingerprint density at radius 2 is 1.62 bits per heavy atom. The van der Waals surface area contributed by atoms with Gasteiger partial charge in [-0.3, -0.25) is 9.59 Å². The first kappa shape index (κ1) is 24.6. The smallest absolute Gasteiger partial charge is 0.416 e. The molecule has 2 N–H and O–H groups in total. The Morgan fingerprint density at radius 1 is 1.03 bits per heavy atom. The summed E-state index contributed by atoms with van der Waals surface area (Å²) in [5, 5.41) is 5.10. The molecule has 1 unspecified atom stereocenters. The molecule has 0 saturated heterocycles. The third-order valence-corrected chi connectivity index (χ3v) is 4.48. The lowest BCUT2D eigenvalue weighted by Crippen LogP contribution is -2.40. The van der Waals surface area contributed by atoms with Crippen molar-refractivity contribution in [2.75, 3.05) is 11.9 Å². The second-order valence-corrected chi connectivity index (χ2v) is 7.07. The number of hydrogen-bond donors (Lipinski definition) is 2. The van der Waals surface area contributed by atoms with Gasteiger partial charge in [0.15, 0.2) is 6.10 Å². The minimum absolute atomic E-state index is 0.310. The maximum absolute atomic E-state index is 12.6. The van der Waals surface area contributed by atoms with Gasteiger partial charge in [0.05, 0.1) is 12.1 Å². The molecule has 0 aliphatic rings. The Hall–Kier alpha value is -3.62. The van der Waals surface area contributed by atoms with E-state index in [1.54, 1.807) is 0 Å². The standard InChI is InChI=1S/C23H23F3N2O4/c1-14-5-4-6-15(2)21(14)28-19(29)13-27-22(31)16(3)32-20(30)12-9-17-7-10-18(11-8-17)23(24,25)26/h4-12,16H,13H2,1-3H3,(H,27,31)(H,28,29)/b12-9+. The van der Waals surface area contributed by atoms with E-state index in [9.17, 15) is 27.6 Å². The van der Waals surface area contributed by atoms with Crippen LogP contribution in [0.15, 0.2) is 48.5 Å². The summed E-state index contributed by atoms with van der Waals surface area (Å²) >= 11 is 0. The molecule has 0 fully saturated rings. The number of ether oxygens (including phenoxy) is 1. The number of anilines is 1. The summed E-state index contributed by atoms with van der Waals surface area (Å²) in [5.74, 6) is -1.96. The van der Waals surface area contributed by atoms with E-state index in [1.165, 1.54) is 25.1 Å². The molecule has 2 amide bonds. The summed E-state index contributed by atoms with van der Waals surface area (Å²) in [5.41, 5.74) is 1.98. The number of alkyl halides is 3. The van der Waals surface area contributed by atoms with E-state index in [2.05, 4.69) is 10.6 Å². The summed E-state index contributed by atoms with van der Waals surface area (Å²) in [4.78, 5) is 36.0. The van der Waals surface area contributed by atoms with Crippen LogP contribution in [-0.4, -0.2) is 30.4 Å². The number of carbonyl (C=O) groups excluding carboxylic acids is 3. The van der Waals surface area contributed by atoms with Crippen molar-refractivity contribution >= 4 is 29.5 Å². The third-order valence-electron chi connectivity index (χ3n) is 4.48. The highest BCUT2D eigenvalue weighted by atomic mass is 19.4. The van der Waals surface area contributed by atoms with Crippen molar-refractivity contribution in [3.8, 4) is 0 Å². The zero-order chi connectivity index (χ0) is 23.9. The molecule has 0 aliphatic heterocycles. The van der Waals surface area contributed by atoms with Gasteiger partial charge in [-0.1, -0.05) is 30.3 Å². The zero-order valence-electron chi connectivity index (χ0n) is 17.7. The van der Waals surface area contributed by atoms with Gasteiger partial charge < -0.3 is 15.4 Å². The van der Waals surface area contributed by atoms with Crippen molar-refractivity contribution < 1.29 is 32.3 Å². The zero-order valence-corrected chi connectivity index (χ0v) is 17.7. The summed E-state index contributed by atoms with van der Waals surface area (Å²) in [6.07, 6.45) is -3.35. The fourth-order valence-electron chi connectivity index (χ4n) is 2.72. The lowest BCUT2D eigenvalue weighted by atomic mass is 10.1. The van der Waals surface area contributed by atoms with E-state index >= 15 is 0 Å². The number of aryl methyl sites for hydroxylation is 2. The lowest BCUT2D eigenvalue weighted by Gasteiger charge is -2.14. The van der Waals surface area contributed by atoms with E-state index < -0.39 is 35.6 Å². The first-order chi connectivity index (χ1) is 15.0. The van der Waals surface area contributed by atoms with E-state index in [-0.39, 0.29) is 6.54 Å². The van der Waals surface area contributed by atoms with E-state index in [0.717, 1.165) is 29.3 Å². The molecule has 0 saturated carbocycles. The van der Waals surface area contributed by atoms with Gasteiger partial charge in [0.1, 0.15) is 0 Å². The molecular weight excluding hydrogens is 425 g/mol. The van der Waals surface area contributed by atoms with Gasteiger partial charge in [-0.2, -0.15) is 13.2 Å². The second kappa shape index (κ2) is 10.6. The van der Waals surface area contributed by atoms with Crippen LogP contribution < -0.4 is 10.6 Å². The third kappa shape index (κ3) is 7.26. The number of amides is 2. The molecule has 170 valence electrons. The van der Waals surface area contributed by atoms with Crippen LogP contribution in [-0.2, 0) is 25.3 Å². The van der Waals surface area contributed by atoms with Gasteiger partial charge in [0.2, 0.25) is 5.91 Å². The van der Waals surface area contributed by atoms with Gasteiger partial charge in [0.25, 0.3) is 5.91 Å². The van der Waals surface area contributed by atoms with Gasteiger partial charge in [-0.15, -0.1) is 0 Å². The van der Waals surface area contributed by atoms with Gasteiger partial charge in [-0.05, 0) is 55.7 Å². The largest absolute Gasteiger partial charge is 0.449 e. The maximum atomic E-state index is 12.6. The van der Waals surface area contributed by atoms with Crippen molar-refractivity contribution in [1.82, 2.24) is 5.32 Å². The van der Waals surface area contributed by atoms with Crippen molar-refractivity contribution in [3.05, 3.63) is 70.8 Å². The Morgan fingerprint density at radius 3 is 2.19 bits per heavy atom. The molecule has 0 bridgehead atoms. The van der Waals surface area contributed by atoms with Crippen molar-refractivity contribution in [2.24, 2.45) is 0 Å². The summed E-state index contributed by atoms with van der Waals surface area (Å²) < 4.78 is 42.6. The van der Waals surface area contributed by atoms with Crippen LogP contribution in [0, 0.1) is 13.8 Å². The molecule has 9 heteroatoms. The fourth-order valence-corrected chi connectivity index (χ4v) is 2.72. The maximum Gasteiger partial charge on any atom is 0.416 e. The Balaban J connectivity index is 1.82. The summed E-state index contributed by atoms with van der Waals surface area (Å²) in [6, 6.07) is 9.76. The SMILES string of the molecule is Cc1cccc(C)c1NC(=O)CNC(=O)C(C)OC(=O)/C=C/c1ccc(C(F)(F)F)cc1. The van der Waals surface area contributed by atoms with Crippen LogP contribution in [0.2, 0.25) is 0 Å².